The van der Waals surface area contributed by atoms with Crippen molar-refractivity contribution >= 4 is 29.1 Å². The lowest BCUT2D eigenvalue weighted by Gasteiger charge is -2.47. The molecule has 2 N–H and O–H groups in total. The lowest BCUT2D eigenvalue weighted by Crippen LogP contribution is -2.66. The second kappa shape index (κ2) is 6.15. The number of rotatable bonds is 4. The molecule has 1 saturated heterocycles. The van der Waals surface area contributed by atoms with Gasteiger partial charge in [0.15, 0.2) is 5.11 Å². The van der Waals surface area contributed by atoms with Crippen molar-refractivity contribution in [3.63, 3.8) is 0 Å². The summed E-state index contributed by atoms with van der Waals surface area (Å²) in [6.45, 7) is -0.227. The van der Waals surface area contributed by atoms with Crippen LogP contribution < -0.4 is 0 Å². The molecule has 1 aliphatic heterocycles. The summed E-state index contributed by atoms with van der Waals surface area (Å²) in [4.78, 5) is 28.0. The maximum atomic E-state index is 12.7. The quantitative estimate of drug-likeness (QED) is 0.559. The van der Waals surface area contributed by atoms with E-state index in [1.807, 2.05) is 0 Å². The smallest absolute Gasteiger partial charge is 0.244 e. The second-order valence-corrected chi connectivity index (χ2v) is 5.65. The van der Waals surface area contributed by atoms with Crippen molar-refractivity contribution in [2.75, 3.05) is 26.3 Å². The first-order chi connectivity index (χ1) is 9.58. The Morgan fingerprint density at radius 3 is 1.80 bits per heavy atom. The molecule has 2 aliphatic rings. The van der Waals surface area contributed by atoms with Crippen LogP contribution in [-0.2, 0) is 9.59 Å². The third-order valence-corrected chi connectivity index (χ3v) is 4.57. The molecule has 0 radical (unpaired) electrons. The molecular weight excluding hydrogens is 280 g/mol. The van der Waals surface area contributed by atoms with Crippen LogP contribution in [0.1, 0.15) is 32.1 Å². The number of carbonyl (C=O) groups is 2. The Bertz CT molecular complexity index is 391. The summed E-state index contributed by atoms with van der Waals surface area (Å²) in [5.74, 6) is -0.564. The molecule has 2 rings (SSSR count). The van der Waals surface area contributed by atoms with Crippen LogP contribution in [0.5, 0.6) is 0 Å². The summed E-state index contributed by atoms with van der Waals surface area (Å²) in [6, 6.07) is 0. The molecule has 6 nitrogen and oxygen atoms in total. The number of β-amino-alcohol motifs (C(OH)–C–C–N with tert-alkyl or cyclic N) is 2. The van der Waals surface area contributed by atoms with Gasteiger partial charge in [0, 0.05) is 0 Å². The Balaban J connectivity index is 2.37. The highest BCUT2D eigenvalue weighted by molar-refractivity contribution is 7.80. The molecule has 0 bridgehead atoms. The molecule has 0 atom stereocenters. The average molecular weight is 300 g/mol. The van der Waals surface area contributed by atoms with Crippen LogP contribution >= 0.6 is 12.2 Å². The van der Waals surface area contributed by atoms with Crippen LogP contribution in [0.4, 0.5) is 0 Å². The number of amides is 2. The first kappa shape index (κ1) is 15.3. The molecular formula is C13H20N2O4S. The second-order valence-electron chi connectivity index (χ2n) is 5.29. The molecule has 0 aromatic carbocycles. The van der Waals surface area contributed by atoms with E-state index in [0.29, 0.717) is 12.8 Å². The molecule has 1 saturated carbocycles. The third kappa shape index (κ3) is 2.34. The average Bonchev–Trinajstić information content (AvgIpc) is 2.47. The topological polar surface area (TPSA) is 81.1 Å². The zero-order valence-electron chi connectivity index (χ0n) is 11.4. The van der Waals surface area contributed by atoms with Gasteiger partial charge in [0.25, 0.3) is 0 Å². The summed E-state index contributed by atoms with van der Waals surface area (Å²) >= 11 is 5.17. The molecule has 112 valence electrons. The maximum Gasteiger partial charge on any atom is 0.244 e. The minimum atomic E-state index is -1.04. The Hall–Kier alpha value is -1.05. The van der Waals surface area contributed by atoms with Gasteiger partial charge in [0.2, 0.25) is 11.8 Å². The van der Waals surface area contributed by atoms with Crippen molar-refractivity contribution < 1.29 is 19.8 Å². The van der Waals surface area contributed by atoms with E-state index >= 15 is 0 Å². The van der Waals surface area contributed by atoms with Gasteiger partial charge in [-0.1, -0.05) is 19.3 Å². The minimum absolute atomic E-state index is 0.0919. The Kier molecular flexibility index (Phi) is 4.72. The van der Waals surface area contributed by atoms with E-state index in [1.54, 1.807) is 0 Å². The number of aliphatic hydroxyl groups excluding tert-OH is 2. The van der Waals surface area contributed by atoms with Crippen molar-refractivity contribution in [2.45, 2.75) is 32.1 Å². The van der Waals surface area contributed by atoms with E-state index in [1.165, 1.54) is 9.80 Å². The number of hydrogen-bond donors (Lipinski definition) is 2. The number of aliphatic hydroxyl groups is 2. The normalized spacial score (nSPS) is 22.8. The van der Waals surface area contributed by atoms with Gasteiger partial charge in [-0.3, -0.25) is 19.4 Å². The van der Waals surface area contributed by atoms with Gasteiger partial charge >= 0.3 is 0 Å². The number of nitrogens with zero attached hydrogens (tertiary/aromatic N) is 2. The van der Waals surface area contributed by atoms with Crippen LogP contribution in [-0.4, -0.2) is 63.2 Å². The zero-order valence-corrected chi connectivity index (χ0v) is 12.2. The van der Waals surface area contributed by atoms with Crippen LogP contribution in [0.3, 0.4) is 0 Å². The highest BCUT2D eigenvalue weighted by atomic mass is 32.1. The molecule has 20 heavy (non-hydrogen) atoms. The molecule has 7 heteroatoms. The lowest BCUT2D eigenvalue weighted by molar-refractivity contribution is -0.159. The summed E-state index contributed by atoms with van der Waals surface area (Å²) < 4.78 is 0. The van der Waals surface area contributed by atoms with Crippen LogP contribution in [0.15, 0.2) is 0 Å². The SMILES string of the molecule is O=C1N(CCO)C(=S)N(CCO)C(=O)C12CCCCC2. The monoisotopic (exact) mass is 300 g/mol. The van der Waals surface area contributed by atoms with Gasteiger partial charge in [-0.05, 0) is 25.1 Å². The van der Waals surface area contributed by atoms with E-state index < -0.39 is 5.41 Å². The maximum absolute atomic E-state index is 12.7. The fourth-order valence-electron chi connectivity index (χ4n) is 3.11. The predicted molar refractivity (Wildman–Crippen MR) is 75.7 cm³/mol. The predicted octanol–water partition coefficient (Wildman–Crippen LogP) is -0.123. The van der Waals surface area contributed by atoms with Gasteiger partial charge in [-0.25, -0.2) is 0 Å². The van der Waals surface area contributed by atoms with Crippen LogP contribution in [0, 0.1) is 5.41 Å². The number of hydrogen-bond acceptors (Lipinski definition) is 5. The minimum Gasteiger partial charge on any atom is -0.395 e. The summed E-state index contributed by atoms with van der Waals surface area (Å²) in [6.07, 6.45) is 3.75. The van der Waals surface area contributed by atoms with E-state index in [2.05, 4.69) is 0 Å². The highest BCUT2D eigenvalue weighted by Crippen LogP contribution is 2.42. The molecule has 2 amide bonds. The van der Waals surface area contributed by atoms with E-state index in [9.17, 15) is 9.59 Å². The zero-order chi connectivity index (χ0) is 14.8. The van der Waals surface area contributed by atoms with Crippen molar-refractivity contribution in [2.24, 2.45) is 5.41 Å². The third-order valence-electron chi connectivity index (χ3n) is 4.13. The van der Waals surface area contributed by atoms with Gasteiger partial charge in [0.1, 0.15) is 5.41 Å². The van der Waals surface area contributed by atoms with Gasteiger partial charge in [-0.2, -0.15) is 0 Å². The first-order valence-corrected chi connectivity index (χ1v) is 7.39. The lowest BCUT2D eigenvalue weighted by atomic mass is 9.71. The van der Waals surface area contributed by atoms with E-state index in [-0.39, 0.29) is 43.2 Å². The van der Waals surface area contributed by atoms with Crippen molar-refractivity contribution in [1.29, 1.82) is 0 Å². The molecule has 0 unspecified atom stereocenters. The standard InChI is InChI=1S/C13H20N2O4S/c16-8-6-14-10(18)13(4-2-1-3-5-13)11(19)15(7-9-17)12(14)20/h16-17H,1-9H2. The molecule has 0 aromatic heterocycles. The van der Waals surface area contributed by atoms with Gasteiger partial charge in [0.05, 0.1) is 26.3 Å². The summed E-state index contributed by atoms with van der Waals surface area (Å²) in [5, 5.41) is 18.3. The molecule has 2 fully saturated rings. The van der Waals surface area contributed by atoms with Crippen molar-refractivity contribution in [3.8, 4) is 0 Å². The number of carbonyl (C=O) groups excluding carboxylic acids is 2. The van der Waals surface area contributed by atoms with E-state index in [4.69, 9.17) is 22.4 Å². The molecule has 1 heterocycles. The highest BCUT2D eigenvalue weighted by Gasteiger charge is 2.55. The number of thiocarbonyl (C=S) groups is 1. The van der Waals surface area contributed by atoms with E-state index in [0.717, 1.165) is 19.3 Å². The Labute approximate surface area is 123 Å². The Morgan fingerprint density at radius 2 is 1.40 bits per heavy atom. The molecule has 1 spiro atoms. The fourth-order valence-corrected chi connectivity index (χ4v) is 3.45. The first-order valence-electron chi connectivity index (χ1n) is 6.98. The van der Waals surface area contributed by atoms with Crippen LogP contribution in [0.25, 0.3) is 0 Å². The van der Waals surface area contributed by atoms with Crippen LogP contribution in [0.2, 0.25) is 0 Å². The van der Waals surface area contributed by atoms with Gasteiger partial charge < -0.3 is 10.2 Å². The summed E-state index contributed by atoms with van der Waals surface area (Å²) in [5.41, 5.74) is -1.04. The van der Waals surface area contributed by atoms with Crippen molar-refractivity contribution in [3.05, 3.63) is 0 Å². The van der Waals surface area contributed by atoms with Gasteiger partial charge in [-0.15, -0.1) is 0 Å². The fraction of sp³-hybridized carbons (Fsp3) is 0.769. The molecule has 0 aromatic rings. The molecule has 1 aliphatic carbocycles. The Morgan fingerprint density at radius 1 is 0.950 bits per heavy atom. The largest absolute Gasteiger partial charge is 0.395 e. The van der Waals surface area contributed by atoms with Crippen molar-refractivity contribution in [1.82, 2.24) is 9.80 Å². The summed E-state index contributed by atoms with van der Waals surface area (Å²) in [7, 11) is 0.